The molecule has 0 bridgehead atoms. The standard InChI is InChI=1S/C21H13ClF3N3O3S/c1-32(30,31)27-21(29)14-9-16(22)19(10-17(14)25)28-18-6-5-13(24)8-15(18)20(26-28)11-3-2-4-12(23)7-11/h2-10H,1H3,(H,27,29). The van der Waals surface area contributed by atoms with Crippen LogP contribution in [-0.2, 0) is 10.0 Å². The van der Waals surface area contributed by atoms with Gasteiger partial charge >= 0.3 is 0 Å². The smallest absolute Gasteiger partial charge is 0.267 e. The van der Waals surface area contributed by atoms with E-state index in [1.165, 1.54) is 41.1 Å². The molecule has 0 spiro atoms. The Morgan fingerprint density at radius 2 is 1.75 bits per heavy atom. The van der Waals surface area contributed by atoms with Crippen LogP contribution in [0.15, 0.2) is 54.6 Å². The normalized spacial score (nSPS) is 11.7. The zero-order valence-electron chi connectivity index (χ0n) is 16.2. The van der Waals surface area contributed by atoms with Gasteiger partial charge in [0.2, 0.25) is 10.0 Å². The average Bonchev–Trinajstić information content (AvgIpc) is 3.06. The van der Waals surface area contributed by atoms with E-state index in [0.29, 0.717) is 16.5 Å². The molecule has 4 aromatic rings. The van der Waals surface area contributed by atoms with Crippen LogP contribution in [0, 0.1) is 17.5 Å². The van der Waals surface area contributed by atoms with E-state index in [9.17, 15) is 26.4 Å². The quantitative estimate of drug-likeness (QED) is 0.469. The van der Waals surface area contributed by atoms with Gasteiger partial charge in [0.1, 0.15) is 23.1 Å². The number of fused-ring (bicyclic) bond motifs is 1. The predicted octanol–water partition coefficient (Wildman–Crippen LogP) is 4.45. The highest BCUT2D eigenvalue weighted by Gasteiger charge is 2.21. The summed E-state index contributed by atoms with van der Waals surface area (Å²) in [5, 5.41) is 4.59. The summed E-state index contributed by atoms with van der Waals surface area (Å²) in [5.74, 6) is -3.32. The monoisotopic (exact) mass is 479 g/mol. The van der Waals surface area contributed by atoms with Crippen molar-refractivity contribution in [1.82, 2.24) is 14.5 Å². The Morgan fingerprint density at radius 1 is 1.03 bits per heavy atom. The number of sulfonamides is 1. The summed E-state index contributed by atoms with van der Waals surface area (Å²) >= 11 is 6.27. The van der Waals surface area contributed by atoms with Crippen molar-refractivity contribution in [1.29, 1.82) is 0 Å². The number of benzene rings is 3. The lowest BCUT2D eigenvalue weighted by atomic mass is 10.1. The summed E-state index contributed by atoms with van der Waals surface area (Å²) in [6.07, 6.45) is 0.752. The van der Waals surface area contributed by atoms with Gasteiger partial charge < -0.3 is 0 Å². The van der Waals surface area contributed by atoms with Gasteiger partial charge in [-0.3, -0.25) is 4.79 Å². The van der Waals surface area contributed by atoms with E-state index >= 15 is 0 Å². The first kappa shape index (κ1) is 21.8. The lowest BCUT2D eigenvalue weighted by Crippen LogP contribution is -2.30. The zero-order valence-corrected chi connectivity index (χ0v) is 17.8. The highest BCUT2D eigenvalue weighted by molar-refractivity contribution is 7.89. The van der Waals surface area contributed by atoms with Crippen molar-refractivity contribution in [3.63, 3.8) is 0 Å². The van der Waals surface area contributed by atoms with Crippen molar-refractivity contribution in [2.24, 2.45) is 0 Å². The molecule has 0 aliphatic heterocycles. The second-order valence-corrected chi connectivity index (χ2v) is 9.07. The molecule has 1 aromatic heterocycles. The third-order valence-corrected chi connectivity index (χ3v) is 5.39. The van der Waals surface area contributed by atoms with Gasteiger partial charge in [-0.25, -0.2) is 31.0 Å². The molecule has 0 atom stereocenters. The molecule has 0 fully saturated rings. The van der Waals surface area contributed by atoms with Gasteiger partial charge in [-0.05, 0) is 36.4 Å². The first-order valence-corrected chi connectivity index (χ1v) is 11.3. The molecular weight excluding hydrogens is 467 g/mol. The van der Waals surface area contributed by atoms with E-state index in [4.69, 9.17) is 11.6 Å². The van der Waals surface area contributed by atoms with Crippen molar-refractivity contribution in [3.05, 3.63) is 82.6 Å². The lowest BCUT2D eigenvalue weighted by molar-refractivity contribution is 0.0978. The molecule has 0 saturated carbocycles. The van der Waals surface area contributed by atoms with Crippen LogP contribution in [0.2, 0.25) is 5.02 Å². The Balaban J connectivity index is 1.91. The number of hydrogen-bond acceptors (Lipinski definition) is 4. The molecule has 0 aliphatic rings. The highest BCUT2D eigenvalue weighted by Crippen LogP contribution is 2.33. The summed E-state index contributed by atoms with van der Waals surface area (Å²) in [7, 11) is -3.92. The molecule has 0 aliphatic carbocycles. The Bertz CT molecular complexity index is 1500. The Kier molecular flexibility index (Phi) is 5.43. The fourth-order valence-corrected chi connectivity index (χ4v) is 3.91. The van der Waals surface area contributed by atoms with E-state index in [2.05, 4.69) is 5.10 Å². The minimum atomic E-state index is -3.92. The van der Waals surface area contributed by atoms with Crippen LogP contribution in [0.5, 0.6) is 0 Å². The summed E-state index contributed by atoms with van der Waals surface area (Å²) in [6, 6.07) is 11.2. The molecule has 32 heavy (non-hydrogen) atoms. The van der Waals surface area contributed by atoms with Crippen LogP contribution >= 0.6 is 11.6 Å². The summed E-state index contributed by atoms with van der Waals surface area (Å²) in [5.41, 5.74) is 0.367. The van der Waals surface area contributed by atoms with Crippen LogP contribution in [0.3, 0.4) is 0 Å². The molecule has 1 heterocycles. The molecule has 0 unspecified atom stereocenters. The van der Waals surface area contributed by atoms with E-state index in [-0.39, 0.29) is 16.4 Å². The van der Waals surface area contributed by atoms with Gasteiger partial charge in [0.25, 0.3) is 5.91 Å². The number of rotatable bonds is 4. The second-order valence-electron chi connectivity index (χ2n) is 6.92. The third-order valence-electron chi connectivity index (χ3n) is 4.53. The van der Waals surface area contributed by atoms with Gasteiger partial charge in [0, 0.05) is 17.0 Å². The molecule has 1 amide bonds. The minimum Gasteiger partial charge on any atom is -0.268 e. The Hall–Kier alpha value is -3.37. The fraction of sp³-hybridized carbons (Fsp3) is 0.0476. The van der Waals surface area contributed by atoms with Crippen molar-refractivity contribution >= 4 is 38.4 Å². The number of halogens is 4. The molecule has 11 heteroatoms. The maximum absolute atomic E-state index is 14.7. The van der Waals surface area contributed by atoms with Crippen LogP contribution in [0.25, 0.3) is 27.8 Å². The van der Waals surface area contributed by atoms with E-state index < -0.39 is 38.9 Å². The first-order chi connectivity index (χ1) is 15.0. The molecule has 6 nitrogen and oxygen atoms in total. The minimum absolute atomic E-state index is 0.0133. The molecule has 164 valence electrons. The van der Waals surface area contributed by atoms with Gasteiger partial charge in [-0.2, -0.15) is 5.10 Å². The van der Waals surface area contributed by atoms with Gasteiger partial charge in [0.05, 0.1) is 28.0 Å². The maximum Gasteiger partial charge on any atom is 0.267 e. The van der Waals surface area contributed by atoms with Crippen LogP contribution in [0.1, 0.15) is 10.4 Å². The van der Waals surface area contributed by atoms with Crippen LogP contribution in [0.4, 0.5) is 13.2 Å². The van der Waals surface area contributed by atoms with E-state index in [1.54, 1.807) is 10.8 Å². The number of carbonyl (C=O) groups excluding carboxylic acids is 1. The van der Waals surface area contributed by atoms with E-state index in [1.807, 2.05) is 0 Å². The topological polar surface area (TPSA) is 81.1 Å². The predicted molar refractivity (Wildman–Crippen MR) is 114 cm³/mol. The Morgan fingerprint density at radius 3 is 2.44 bits per heavy atom. The zero-order chi connectivity index (χ0) is 23.2. The SMILES string of the molecule is CS(=O)(=O)NC(=O)c1cc(Cl)c(-n2nc(-c3cccc(F)c3)c3cc(F)ccc32)cc1F. The van der Waals surface area contributed by atoms with Gasteiger partial charge in [-0.15, -0.1) is 0 Å². The number of carbonyl (C=O) groups is 1. The van der Waals surface area contributed by atoms with E-state index in [0.717, 1.165) is 18.4 Å². The van der Waals surface area contributed by atoms with Crippen LogP contribution in [-0.4, -0.2) is 30.4 Å². The molecule has 0 radical (unpaired) electrons. The lowest BCUT2D eigenvalue weighted by Gasteiger charge is -2.10. The summed E-state index contributed by atoms with van der Waals surface area (Å²) in [4.78, 5) is 12.1. The summed E-state index contributed by atoms with van der Waals surface area (Å²) < 4.78 is 67.9. The number of nitrogens with zero attached hydrogens (tertiary/aromatic N) is 2. The average molecular weight is 480 g/mol. The molecule has 0 saturated heterocycles. The Labute approximate surface area is 185 Å². The van der Waals surface area contributed by atoms with Crippen molar-refractivity contribution < 1.29 is 26.4 Å². The summed E-state index contributed by atoms with van der Waals surface area (Å²) in [6.45, 7) is 0. The molecule has 3 aromatic carbocycles. The van der Waals surface area contributed by atoms with Gasteiger partial charge in [-0.1, -0.05) is 23.7 Å². The van der Waals surface area contributed by atoms with Crippen LogP contribution < -0.4 is 4.72 Å². The van der Waals surface area contributed by atoms with Crippen molar-refractivity contribution in [2.45, 2.75) is 0 Å². The van der Waals surface area contributed by atoms with Crippen molar-refractivity contribution in [2.75, 3.05) is 6.26 Å². The van der Waals surface area contributed by atoms with Gasteiger partial charge in [0.15, 0.2) is 0 Å². The first-order valence-electron chi connectivity index (χ1n) is 8.99. The fourth-order valence-electron chi connectivity index (χ4n) is 3.22. The maximum atomic E-state index is 14.7. The second kappa shape index (κ2) is 7.95. The third kappa shape index (κ3) is 4.19. The highest BCUT2D eigenvalue weighted by atomic mass is 35.5. The number of hydrogen-bond donors (Lipinski definition) is 1. The molecular formula is C21H13ClF3N3O3S. The number of aromatic nitrogens is 2. The largest absolute Gasteiger partial charge is 0.268 e. The van der Waals surface area contributed by atoms with Crippen molar-refractivity contribution in [3.8, 4) is 16.9 Å². The number of amides is 1. The molecule has 1 N–H and O–H groups in total. The number of nitrogens with one attached hydrogen (secondary N) is 1. The molecule has 4 rings (SSSR count).